The third-order valence-corrected chi connectivity index (χ3v) is 5.77. The molecule has 148 valence electrons. The van der Waals surface area contributed by atoms with Crippen LogP contribution in [-0.2, 0) is 4.79 Å². The van der Waals surface area contributed by atoms with E-state index >= 15 is 0 Å². The Morgan fingerprint density at radius 3 is 2.72 bits per heavy atom. The van der Waals surface area contributed by atoms with Crippen molar-refractivity contribution in [2.24, 2.45) is 0 Å². The average Bonchev–Trinajstić information content (AvgIpc) is 3.38. The van der Waals surface area contributed by atoms with Gasteiger partial charge >= 0.3 is 0 Å². The van der Waals surface area contributed by atoms with Gasteiger partial charge in [-0.2, -0.15) is 0 Å². The van der Waals surface area contributed by atoms with Crippen molar-refractivity contribution in [1.29, 1.82) is 0 Å². The van der Waals surface area contributed by atoms with E-state index in [2.05, 4.69) is 15.5 Å². The summed E-state index contributed by atoms with van der Waals surface area (Å²) in [5.41, 5.74) is 1.07. The Bertz CT molecular complexity index is 1060. The highest BCUT2D eigenvalue weighted by Crippen LogP contribution is 2.28. The Hall–Kier alpha value is -2.84. The predicted molar refractivity (Wildman–Crippen MR) is 109 cm³/mol. The molecule has 9 heteroatoms. The first-order valence-corrected chi connectivity index (χ1v) is 10.2. The molecule has 2 aromatic carbocycles. The topological polar surface area (TPSA) is 75.2 Å². The molecule has 1 aromatic heterocycles. The van der Waals surface area contributed by atoms with E-state index in [4.69, 9.17) is 11.6 Å². The molecule has 0 spiro atoms. The third kappa shape index (κ3) is 4.28. The fraction of sp³-hybridized carbons (Fsp3) is 0.200. The average molecular weight is 431 g/mol. The van der Waals surface area contributed by atoms with Crippen LogP contribution in [0.15, 0.2) is 48.5 Å². The second kappa shape index (κ2) is 8.26. The van der Waals surface area contributed by atoms with Gasteiger partial charge < -0.3 is 4.90 Å². The summed E-state index contributed by atoms with van der Waals surface area (Å²) in [4.78, 5) is 27.0. The Morgan fingerprint density at radius 1 is 1.17 bits per heavy atom. The molecule has 1 saturated heterocycles. The maximum Gasteiger partial charge on any atom is 0.254 e. The van der Waals surface area contributed by atoms with E-state index in [-0.39, 0.29) is 17.4 Å². The predicted octanol–water partition coefficient (Wildman–Crippen LogP) is 4.24. The van der Waals surface area contributed by atoms with Crippen LogP contribution in [0.25, 0.3) is 10.6 Å². The summed E-state index contributed by atoms with van der Waals surface area (Å²) in [6.07, 6.45) is 1.24. The molecular formula is C20H16ClFN4O2S. The van der Waals surface area contributed by atoms with Gasteiger partial charge in [0.2, 0.25) is 11.0 Å². The lowest BCUT2D eigenvalue weighted by Gasteiger charge is -2.23. The highest BCUT2D eigenvalue weighted by Gasteiger charge is 2.35. The molecule has 2 amide bonds. The van der Waals surface area contributed by atoms with Gasteiger partial charge in [-0.1, -0.05) is 41.1 Å². The normalized spacial score (nSPS) is 16.1. The first-order chi connectivity index (χ1) is 14.0. The number of nitrogens with zero attached hydrogens (tertiary/aromatic N) is 3. The molecule has 2 heterocycles. The van der Waals surface area contributed by atoms with E-state index in [9.17, 15) is 14.0 Å². The molecular weight excluding hydrogens is 415 g/mol. The fourth-order valence-electron chi connectivity index (χ4n) is 3.24. The van der Waals surface area contributed by atoms with Gasteiger partial charge in [-0.25, -0.2) is 4.39 Å². The van der Waals surface area contributed by atoms with Crippen molar-refractivity contribution in [1.82, 2.24) is 15.1 Å². The lowest BCUT2D eigenvalue weighted by molar-refractivity contribution is -0.119. The van der Waals surface area contributed by atoms with Gasteiger partial charge in [0.05, 0.1) is 0 Å². The van der Waals surface area contributed by atoms with Crippen LogP contribution in [0.4, 0.5) is 9.52 Å². The molecule has 29 heavy (non-hydrogen) atoms. The number of amides is 2. The fourth-order valence-corrected chi connectivity index (χ4v) is 4.12. The van der Waals surface area contributed by atoms with Crippen molar-refractivity contribution in [3.63, 3.8) is 0 Å². The summed E-state index contributed by atoms with van der Waals surface area (Å²) in [5, 5.41) is 12.5. The van der Waals surface area contributed by atoms with Crippen LogP contribution in [0.5, 0.6) is 0 Å². The SMILES string of the molecule is O=C(Nc1nnc(-c2ccc(Cl)cc2)s1)C1CCCN1C(=O)c1cccc(F)c1. The molecule has 3 aromatic rings. The lowest BCUT2D eigenvalue weighted by Crippen LogP contribution is -2.43. The number of nitrogens with one attached hydrogen (secondary N) is 1. The summed E-state index contributed by atoms with van der Waals surface area (Å²) < 4.78 is 13.5. The van der Waals surface area contributed by atoms with Gasteiger partial charge in [0, 0.05) is 22.7 Å². The van der Waals surface area contributed by atoms with E-state index < -0.39 is 11.9 Å². The minimum absolute atomic E-state index is 0.227. The molecule has 6 nitrogen and oxygen atoms in total. The van der Waals surface area contributed by atoms with Gasteiger partial charge in [-0.3, -0.25) is 14.9 Å². The molecule has 1 aliphatic rings. The minimum Gasteiger partial charge on any atom is -0.327 e. The van der Waals surface area contributed by atoms with Crippen LogP contribution in [0.2, 0.25) is 5.02 Å². The second-order valence-corrected chi connectivity index (χ2v) is 7.99. The Labute approximate surface area is 175 Å². The number of hydrogen-bond donors (Lipinski definition) is 1. The number of benzene rings is 2. The zero-order chi connectivity index (χ0) is 20.4. The van der Waals surface area contributed by atoms with Crippen LogP contribution in [0.3, 0.4) is 0 Å². The minimum atomic E-state index is -0.631. The van der Waals surface area contributed by atoms with Crippen molar-refractivity contribution in [3.05, 3.63) is 64.9 Å². The molecule has 0 radical (unpaired) electrons. The van der Waals surface area contributed by atoms with Crippen LogP contribution in [-0.4, -0.2) is 39.5 Å². The molecule has 0 aliphatic carbocycles. The Kier molecular flexibility index (Phi) is 5.55. The largest absolute Gasteiger partial charge is 0.327 e. The van der Waals surface area contributed by atoms with E-state index in [1.807, 2.05) is 12.1 Å². The molecule has 1 unspecified atom stereocenters. The zero-order valence-electron chi connectivity index (χ0n) is 15.1. The van der Waals surface area contributed by atoms with Gasteiger partial charge in [0.1, 0.15) is 16.9 Å². The number of aromatic nitrogens is 2. The van der Waals surface area contributed by atoms with E-state index in [1.165, 1.54) is 34.4 Å². The summed E-state index contributed by atoms with van der Waals surface area (Å²) in [5.74, 6) is -1.17. The van der Waals surface area contributed by atoms with Crippen molar-refractivity contribution >= 4 is 39.9 Å². The molecule has 0 bridgehead atoms. The summed E-state index contributed by atoms with van der Waals surface area (Å²) in [7, 11) is 0. The number of anilines is 1. The number of likely N-dealkylation sites (tertiary alicyclic amines) is 1. The first-order valence-electron chi connectivity index (χ1n) is 8.98. The van der Waals surface area contributed by atoms with Crippen molar-refractivity contribution < 1.29 is 14.0 Å². The zero-order valence-corrected chi connectivity index (χ0v) is 16.7. The molecule has 0 saturated carbocycles. The van der Waals surface area contributed by atoms with E-state index in [0.29, 0.717) is 34.5 Å². The van der Waals surface area contributed by atoms with Crippen LogP contribution >= 0.6 is 22.9 Å². The number of halogens is 2. The molecule has 1 atom stereocenters. The lowest BCUT2D eigenvalue weighted by atomic mass is 10.1. The monoisotopic (exact) mass is 430 g/mol. The Balaban J connectivity index is 1.46. The van der Waals surface area contributed by atoms with Gasteiger partial charge in [-0.15, -0.1) is 10.2 Å². The van der Waals surface area contributed by atoms with Crippen LogP contribution in [0.1, 0.15) is 23.2 Å². The highest BCUT2D eigenvalue weighted by molar-refractivity contribution is 7.18. The van der Waals surface area contributed by atoms with E-state index in [0.717, 1.165) is 5.56 Å². The summed E-state index contributed by atoms with van der Waals surface area (Å²) in [6, 6.07) is 12.0. The van der Waals surface area contributed by atoms with Crippen molar-refractivity contribution in [2.75, 3.05) is 11.9 Å². The second-order valence-electron chi connectivity index (χ2n) is 6.58. The maximum absolute atomic E-state index is 13.5. The standard InChI is InChI=1S/C20H16ClFN4O2S/c21-14-8-6-12(7-9-14)18-24-25-20(29-18)23-17(27)16-5-2-10-26(16)19(28)13-3-1-4-15(22)11-13/h1,3-4,6-9,11,16H,2,5,10H2,(H,23,25,27). The highest BCUT2D eigenvalue weighted by atomic mass is 35.5. The number of rotatable bonds is 4. The van der Waals surface area contributed by atoms with Gasteiger partial charge in [-0.05, 0) is 43.2 Å². The number of carbonyl (C=O) groups is 2. The van der Waals surface area contributed by atoms with Crippen LogP contribution in [0, 0.1) is 5.82 Å². The molecule has 4 rings (SSSR count). The molecule has 1 N–H and O–H groups in total. The van der Waals surface area contributed by atoms with Gasteiger partial charge in [0.25, 0.3) is 5.91 Å². The van der Waals surface area contributed by atoms with Crippen molar-refractivity contribution in [2.45, 2.75) is 18.9 Å². The van der Waals surface area contributed by atoms with Crippen molar-refractivity contribution in [3.8, 4) is 10.6 Å². The first kappa shape index (κ1) is 19.5. The number of carbonyl (C=O) groups excluding carboxylic acids is 2. The molecule has 1 fully saturated rings. The van der Waals surface area contributed by atoms with Crippen LogP contribution < -0.4 is 5.32 Å². The summed E-state index contributed by atoms with van der Waals surface area (Å²) in [6.45, 7) is 0.444. The Morgan fingerprint density at radius 2 is 1.97 bits per heavy atom. The molecule has 1 aliphatic heterocycles. The smallest absolute Gasteiger partial charge is 0.254 e. The summed E-state index contributed by atoms with van der Waals surface area (Å²) >= 11 is 7.13. The quantitative estimate of drug-likeness (QED) is 0.671. The third-order valence-electron chi connectivity index (χ3n) is 4.63. The van der Waals surface area contributed by atoms with E-state index in [1.54, 1.807) is 18.2 Å². The number of hydrogen-bond acceptors (Lipinski definition) is 5. The van der Waals surface area contributed by atoms with Gasteiger partial charge in [0.15, 0.2) is 0 Å². The maximum atomic E-state index is 13.5.